The fraction of sp³-hybridized carbons (Fsp3) is 0.417. The van der Waals surface area contributed by atoms with Crippen LogP contribution >= 0.6 is 11.3 Å². The smallest absolute Gasteiger partial charge is 0.227 e. The van der Waals surface area contributed by atoms with Crippen LogP contribution in [0.5, 0.6) is 5.75 Å². The number of thiazole rings is 1. The molecule has 0 radical (unpaired) electrons. The molecule has 8 heteroatoms. The van der Waals surface area contributed by atoms with Gasteiger partial charge in [-0.25, -0.2) is 9.37 Å². The molecular formula is C24H27FN4O2S. The van der Waals surface area contributed by atoms with Crippen LogP contribution in [-0.2, 0) is 4.79 Å². The summed E-state index contributed by atoms with van der Waals surface area (Å²) in [6.45, 7) is 4.62. The topological polar surface area (TPSA) is 48.9 Å². The number of fused-ring (bicyclic) bond motifs is 1. The van der Waals surface area contributed by atoms with E-state index in [1.54, 1.807) is 13.2 Å². The van der Waals surface area contributed by atoms with Gasteiger partial charge in [0.2, 0.25) is 5.91 Å². The normalized spacial score (nSPS) is 19.4. The lowest BCUT2D eigenvalue weighted by Gasteiger charge is -2.39. The molecule has 0 aliphatic carbocycles. The van der Waals surface area contributed by atoms with Crippen LogP contribution in [0.25, 0.3) is 10.2 Å². The van der Waals surface area contributed by atoms with Crippen LogP contribution in [0.3, 0.4) is 0 Å². The van der Waals surface area contributed by atoms with Crippen LogP contribution in [0.2, 0.25) is 0 Å². The van der Waals surface area contributed by atoms with Crippen molar-refractivity contribution in [3.63, 3.8) is 0 Å². The van der Waals surface area contributed by atoms with Crippen molar-refractivity contribution in [1.29, 1.82) is 0 Å². The Morgan fingerprint density at radius 3 is 2.56 bits per heavy atom. The second kappa shape index (κ2) is 8.94. The number of hydrogen-bond donors (Lipinski definition) is 0. The van der Waals surface area contributed by atoms with Gasteiger partial charge in [-0.2, -0.15) is 0 Å². The van der Waals surface area contributed by atoms with Crippen molar-refractivity contribution in [3.05, 3.63) is 48.3 Å². The summed E-state index contributed by atoms with van der Waals surface area (Å²) in [6.07, 6.45) is 1.84. The van der Waals surface area contributed by atoms with Gasteiger partial charge in [0.15, 0.2) is 5.13 Å². The highest BCUT2D eigenvalue weighted by atomic mass is 32.1. The largest absolute Gasteiger partial charge is 0.497 e. The summed E-state index contributed by atoms with van der Waals surface area (Å²) in [5.74, 6) is 0.758. The lowest BCUT2D eigenvalue weighted by atomic mass is 9.96. The molecule has 1 unspecified atom stereocenters. The number of ether oxygens (including phenoxy) is 1. The predicted octanol–water partition coefficient (Wildman–Crippen LogP) is 4.01. The number of rotatable bonds is 4. The van der Waals surface area contributed by atoms with E-state index in [4.69, 9.17) is 4.74 Å². The molecule has 0 spiro atoms. The Morgan fingerprint density at radius 2 is 1.84 bits per heavy atom. The van der Waals surface area contributed by atoms with E-state index in [9.17, 15) is 9.18 Å². The van der Waals surface area contributed by atoms with Crippen LogP contribution in [0, 0.1) is 11.7 Å². The third kappa shape index (κ3) is 4.11. The molecule has 0 bridgehead atoms. The van der Waals surface area contributed by atoms with Gasteiger partial charge in [-0.1, -0.05) is 17.4 Å². The molecule has 0 N–H and O–H groups in total. The Hall–Kier alpha value is -2.87. The summed E-state index contributed by atoms with van der Waals surface area (Å²) in [7, 11) is 1.67. The minimum atomic E-state index is -0.288. The van der Waals surface area contributed by atoms with Gasteiger partial charge in [0.05, 0.1) is 17.7 Å². The zero-order chi connectivity index (χ0) is 22.1. The van der Waals surface area contributed by atoms with Gasteiger partial charge in [-0.15, -0.1) is 0 Å². The van der Waals surface area contributed by atoms with Gasteiger partial charge < -0.3 is 19.4 Å². The number of benzene rings is 2. The first kappa shape index (κ1) is 21.0. The summed E-state index contributed by atoms with van der Waals surface area (Å²) in [5.41, 5.74) is 1.58. The predicted molar refractivity (Wildman–Crippen MR) is 126 cm³/mol. The molecular weight excluding hydrogens is 427 g/mol. The molecule has 6 nitrogen and oxygen atoms in total. The summed E-state index contributed by atoms with van der Waals surface area (Å²) in [6, 6.07) is 13.1. The van der Waals surface area contributed by atoms with Crippen molar-refractivity contribution >= 4 is 38.3 Å². The first-order valence-corrected chi connectivity index (χ1v) is 11.9. The third-order valence-corrected chi connectivity index (χ3v) is 7.51. The fourth-order valence-electron chi connectivity index (χ4n) is 4.63. The molecule has 2 fully saturated rings. The van der Waals surface area contributed by atoms with E-state index in [-0.39, 0.29) is 17.6 Å². The first-order chi connectivity index (χ1) is 15.6. The molecule has 1 atom stereocenters. The highest BCUT2D eigenvalue weighted by Crippen LogP contribution is 2.33. The SMILES string of the molecule is COc1ccc(N2CCN(C(=O)C3CCCN(c4nc5c(F)cccc5s4)C3)CC2)cc1. The number of carbonyl (C=O) groups excluding carboxylic acids is 1. The number of amides is 1. The number of hydrogen-bond acceptors (Lipinski definition) is 6. The van der Waals surface area contributed by atoms with Gasteiger partial charge in [0.1, 0.15) is 17.1 Å². The minimum Gasteiger partial charge on any atom is -0.497 e. The number of nitrogens with zero attached hydrogens (tertiary/aromatic N) is 4. The molecule has 1 amide bonds. The van der Waals surface area contributed by atoms with Crippen molar-refractivity contribution in [2.24, 2.45) is 5.92 Å². The van der Waals surface area contributed by atoms with Crippen molar-refractivity contribution in [3.8, 4) is 5.75 Å². The zero-order valence-corrected chi connectivity index (χ0v) is 19.0. The van der Waals surface area contributed by atoms with Gasteiger partial charge in [0, 0.05) is 45.0 Å². The van der Waals surface area contributed by atoms with Crippen LogP contribution in [0.1, 0.15) is 12.8 Å². The van der Waals surface area contributed by atoms with E-state index < -0.39 is 0 Å². The number of halogens is 1. The van der Waals surface area contributed by atoms with E-state index in [1.807, 2.05) is 23.1 Å². The molecule has 3 heterocycles. The number of para-hydroxylation sites is 1. The lowest BCUT2D eigenvalue weighted by Crippen LogP contribution is -2.52. The van der Waals surface area contributed by atoms with Gasteiger partial charge in [-0.05, 0) is 49.2 Å². The number of anilines is 2. The number of aromatic nitrogens is 1. The maximum absolute atomic E-state index is 14.1. The van der Waals surface area contributed by atoms with E-state index in [2.05, 4.69) is 26.9 Å². The Balaban J connectivity index is 1.21. The third-order valence-electron chi connectivity index (χ3n) is 6.43. The van der Waals surface area contributed by atoms with Crippen LogP contribution in [-0.4, -0.2) is 62.2 Å². The van der Waals surface area contributed by atoms with Gasteiger partial charge in [0.25, 0.3) is 0 Å². The van der Waals surface area contributed by atoms with Crippen LogP contribution in [0.15, 0.2) is 42.5 Å². The molecule has 2 aliphatic heterocycles. The van der Waals surface area contributed by atoms with E-state index >= 15 is 0 Å². The summed E-state index contributed by atoms with van der Waals surface area (Å²) in [4.78, 5) is 24.3. The Kier molecular flexibility index (Phi) is 5.87. The van der Waals surface area contributed by atoms with Crippen molar-refractivity contribution in [2.75, 3.05) is 56.2 Å². The molecule has 0 saturated carbocycles. The van der Waals surface area contributed by atoms with E-state index in [0.29, 0.717) is 12.1 Å². The van der Waals surface area contributed by atoms with Crippen molar-refractivity contribution in [2.45, 2.75) is 12.8 Å². The molecule has 2 aromatic carbocycles. The molecule has 1 aromatic heterocycles. The molecule has 2 saturated heterocycles. The molecule has 2 aliphatic rings. The average Bonchev–Trinajstić information content (AvgIpc) is 3.30. The first-order valence-electron chi connectivity index (χ1n) is 11.1. The second-order valence-electron chi connectivity index (χ2n) is 8.38. The maximum Gasteiger partial charge on any atom is 0.227 e. The Morgan fingerprint density at radius 1 is 1.06 bits per heavy atom. The van der Waals surface area contributed by atoms with E-state index in [0.717, 1.165) is 66.8 Å². The molecule has 5 rings (SSSR count). The van der Waals surface area contributed by atoms with Crippen molar-refractivity contribution < 1.29 is 13.9 Å². The monoisotopic (exact) mass is 454 g/mol. The maximum atomic E-state index is 14.1. The molecule has 32 heavy (non-hydrogen) atoms. The standard InChI is InChI=1S/C24H27FN4O2S/c1-31-19-9-7-18(8-10-19)27-12-14-28(15-13-27)23(30)17-4-3-11-29(16-17)24-26-22-20(25)5-2-6-21(22)32-24/h2,5-10,17H,3-4,11-16H2,1H3. The van der Waals surface area contributed by atoms with Gasteiger partial charge in [-0.3, -0.25) is 4.79 Å². The summed E-state index contributed by atoms with van der Waals surface area (Å²) < 4.78 is 20.1. The average molecular weight is 455 g/mol. The zero-order valence-electron chi connectivity index (χ0n) is 18.2. The van der Waals surface area contributed by atoms with E-state index in [1.165, 1.54) is 17.4 Å². The molecule has 3 aromatic rings. The highest BCUT2D eigenvalue weighted by Gasteiger charge is 2.32. The highest BCUT2D eigenvalue weighted by molar-refractivity contribution is 7.22. The number of piperidine rings is 1. The van der Waals surface area contributed by atoms with Crippen molar-refractivity contribution in [1.82, 2.24) is 9.88 Å². The Labute approximate surface area is 191 Å². The lowest BCUT2D eigenvalue weighted by molar-refractivity contribution is -0.136. The number of methoxy groups -OCH3 is 1. The second-order valence-corrected chi connectivity index (χ2v) is 9.39. The van der Waals surface area contributed by atoms with Crippen LogP contribution in [0.4, 0.5) is 15.2 Å². The summed E-state index contributed by atoms with van der Waals surface area (Å²) in [5, 5.41) is 0.812. The van der Waals surface area contributed by atoms with Crippen LogP contribution < -0.4 is 14.5 Å². The fourth-order valence-corrected chi connectivity index (χ4v) is 5.64. The van der Waals surface area contributed by atoms with Gasteiger partial charge >= 0.3 is 0 Å². The summed E-state index contributed by atoms with van der Waals surface area (Å²) >= 11 is 1.50. The minimum absolute atomic E-state index is 0.0341. The number of piperazine rings is 1. The quantitative estimate of drug-likeness (QED) is 0.596. The number of carbonyl (C=O) groups is 1. The Bertz CT molecular complexity index is 1100. The molecule has 168 valence electrons.